The Morgan fingerprint density at radius 2 is 2.11 bits per heavy atom. The Morgan fingerprint density at radius 1 is 1.21 bits per heavy atom. The summed E-state index contributed by atoms with van der Waals surface area (Å²) in [5.74, 6) is 1.72. The lowest BCUT2D eigenvalue weighted by Gasteiger charge is -2.17. The number of hydrogen-bond acceptors (Lipinski definition) is 3. The molecule has 0 bridgehead atoms. The van der Waals surface area contributed by atoms with E-state index in [0.29, 0.717) is 12.6 Å². The van der Waals surface area contributed by atoms with Gasteiger partial charge in [0.25, 0.3) is 0 Å². The van der Waals surface area contributed by atoms with Crippen LogP contribution in [0.1, 0.15) is 37.6 Å². The van der Waals surface area contributed by atoms with Gasteiger partial charge in [0.1, 0.15) is 18.1 Å². The van der Waals surface area contributed by atoms with Crippen LogP contribution in [0.25, 0.3) is 0 Å². The lowest BCUT2D eigenvalue weighted by Crippen LogP contribution is -2.19. The van der Waals surface area contributed by atoms with E-state index in [1.807, 2.05) is 24.3 Å². The molecule has 0 aliphatic carbocycles. The first-order chi connectivity index (χ1) is 9.33. The van der Waals surface area contributed by atoms with Crippen molar-refractivity contribution in [3.63, 3.8) is 0 Å². The Balaban J connectivity index is 2.01. The van der Waals surface area contributed by atoms with Gasteiger partial charge in [-0.05, 0) is 42.8 Å². The highest BCUT2D eigenvalue weighted by Crippen LogP contribution is 2.22. The maximum absolute atomic E-state index is 5.74. The van der Waals surface area contributed by atoms with Gasteiger partial charge in [0.15, 0.2) is 0 Å². The van der Waals surface area contributed by atoms with E-state index in [4.69, 9.17) is 9.15 Å². The summed E-state index contributed by atoms with van der Waals surface area (Å²) < 4.78 is 11.0. The highest BCUT2D eigenvalue weighted by atomic mass is 16.5. The summed E-state index contributed by atoms with van der Waals surface area (Å²) in [6, 6.07) is 12.4. The highest BCUT2D eigenvalue weighted by Gasteiger charge is 2.08. The number of furan rings is 1. The maximum Gasteiger partial charge on any atom is 0.146 e. The van der Waals surface area contributed by atoms with Crippen LogP contribution < -0.4 is 10.1 Å². The summed E-state index contributed by atoms with van der Waals surface area (Å²) >= 11 is 0. The van der Waals surface area contributed by atoms with Crippen molar-refractivity contribution in [3.8, 4) is 5.75 Å². The molecule has 2 rings (SSSR count). The summed E-state index contributed by atoms with van der Waals surface area (Å²) in [4.78, 5) is 0. The molecule has 0 aliphatic heterocycles. The van der Waals surface area contributed by atoms with Crippen LogP contribution >= 0.6 is 0 Å². The highest BCUT2D eigenvalue weighted by molar-refractivity contribution is 5.30. The fourth-order valence-electron chi connectivity index (χ4n) is 2.11. The van der Waals surface area contributed by atoms with E-state index < -0.39 is 0 Å². The molecule has 0 aliphatic rings. The predicted octanol–water partition coefficient (Wildman–Crippen LogP) is 3.92. The van der Waals surface area contributed by atoms with Crippen LogP contribution in [0.4, 0.5) is 0 Å². The number of hydrogen-bond donors (Lipinski definition) is 1. The first-order valence-electron chi connectivity index (χ1n) is 6.82. The zero-order chi connectivity index (χ0) is 13.5. The second-order valence-electron chi connectivity index (χ2n) is 4.46. The molecule has 1 heterocycles. The molecule has 1 aromatic carbocycles. The first-order valence-corrected chi connectivity index (χ1v) is 6.82. The number of nitrogens with one attached hydrogen (secondary N) is 1. The van der Waals surface area contributed by atoms with Crippen molar-refractivity contribution in [2.75, 3.05) is 6.54 Å². The topological polar surface area (TPSA) is 34.4 Å². The summed E-state index contributed by atoms with van der Waals surface area (Å²) in [5.41, 5.74) is 1.27. The van der Waals surface area contributed by atoms with Crippen LogP contribution in [-0.2, 0) is 6.61 Å². The van der Waals surface area contributed by atoms with Gasteiger partial charge < -0.3 is 14.5 Å². The van der Waals surface area contributed by atoms with Crippen LogP contribution in [0.15, 0.2) is 47.1 Å². The Labute approximate surface area is 114 Å². The Kier molecular flexibility index (Phi) is 5.04. The van der Waals surface area contributed by atoms with Crippen LogP contribution in [0, 0.1) is 0 Å². The van der Waals surface area contributed by atoms with Gasteiger partial charge in [0.2, 0.25) is 0 Å². The zero-order valence-corrected chi connectivity index (χ0v) is 11.6. The Hall–Kier alpha value is -1.74. The van der Waals surface area contributed by atoms with E-state index in [9.17, 15) is 0 Å². The maximum atomic E-state index is 5.74. The molecular weight excluding hydrogens is 238 g/mol. The van der Waals surface area contributed by atoms with Crippen LogP contribution in [0.3, 0.4) is 0 Å². The SMILES string of the molecule is CCNC(CC)c1cccc(OCc2ccco2)c1. The minimum Gasteiger partial charge on any atom is -0.486 e. The number of rotatable bonds is 7. The van der Waals surface area contributed by atoms with Gasteiger partial charge in [-0.1, -0.05) is 26.0 Å². The fourth-order valence-corrected chi connectivity index (χ4v) is 2.11. The van der Waals surface area contributed by atoms with Gasteiger partial charge in [-0.15, -0.1) is 0 Å². The average Bonchev–Trinajstić information content (AvgIpc) is 2.96. The smallest absolute Gasteiger partial charge is 0.146 e. The van der Waals surface area contributed by atoms with E-state index in [0.717, 1.165) is 24.5 Å². The molecule has 1 unspecified atom stereocenters. The first kappa shape index (κ1) is 13.7. The monoisotopic (exact) mass is 259 g/mol. The second kappa shape index (κ2) is 7.00. The molecule has 0 fully saturated rings. The molecule has 1 atom stereocenters. The quantitative estimate of drug-likeness (QED) is 0.818. The van der Waals surface area contributed by atoms with E-state index in [1.54, 1.807) is 6.26 Å². The van der Waals surface area contributed by atoms with Crippen molar-refractivity contribution >= 4 is 0 Å². The predicted molar refractivity (Wildman–Crippen MR) is 76.2 cm³/mol. The Morgan fingerprint density at radius 3 is 2.79 bits per heavy atom. The van der Waals surface area contributed by atoms with Crippen molar-refractivity contribution in [2.45, 2.75) is 32.9 Å². The van der Waals surface area contributed by atoms with Crippen molar-refractivity contribution in [2.24, 2.45) is 0 Å². The van der Waals surface area contributed by atoms with Gasteiger partial charge in [-0.25, -0.2) is 0 Å². The summed E-state index contributed by atoms with van der Waals surface area (Å²) in [5, 5.41) is 3.47. The molecule has 2 aromatic rings. The third kappa shape index (κ3) is 3.86. The van der Waals surface area contributed by atoms with E-state index >= 15 is 0 Å². The molecular formula is C16H21NO2. The second-order valence-corrected chi connectivity index (χ2v) is 4.46. The molecule has 1 N–H and O–H groups in total. The molecule has 0 saturated heterocycles. The minimum absolute atomic E-state index is 0.386. The third-order valence-electron chi connectivity index (χ3n) is 3.08. The lowest BCUT2D eigenvalue weighted by molar-refractivity contribution is 0.270. The van der Waals surface area contributed by atoms with Crippen molar-refractivity contribution < 1.29 is 9.15 Å². The molecule has 0 saturated carbocycles. The summed E-state index contributed by atoms with van der Waals surface area (Å²) in [7, 11) is 0. The van der Waals surface area contributed by atoms with Gasteiger partial charge in [-0.2, -0.15) is 0 Å². The molecule has 3 nitrogen and oxygen atoms in total. The van der Waals surface area contributed by atoms with Gasteiger partial charge in [-0.3, -0.25) is 0 Å². The van der Waals surface area contributed by atoms with E-state index in [-0.39, 0.29) is 0 Å². The molecule has 3 heteroatoms. The standard InChI is InChI=1S/C16H21NO2/c1-3-16(17-4-2)13-7-5-8-14(11-13)19-12-15-9-6-10-18-15/h5-11,16-17H,3-4,12H2,1-2H3. The molecule has 0 spiro atoms. The fraction of sp³-hybridized carbons (Fsp3) is 0.375. The Bertz CT molecular complexity index is 479. The normalized spacial score (nSPS) is 12.3. The van der Waals surface area contributed by atoms with Crippen LogP contribution in [0.5, 0.6) is 5.75 Å². The van der Waals surface area contributed by atoms with E-state index in [2.05, 4.69) is 31.3 Å². The minimum atomic E-state index is 0.386. The molecule has 0 radical (unpaired) electrons. The third-order valence-corrected chi connectivity index (χ3v) is 3.08. The molecule has 19 heavy (non-hydrogen) atoms. The van der Waals surface area contributed by atoms with Crippen molar-refractivity contribution in [1.82, 2.24) is 5.32 Å². The van der Waals surface area contributed by atoms with Gasteiger partial charge >= 0.3 is 0 Å². The van der Waals surface area contributed by atoms with Crippen molar-refractivity contribution in [1.29, 1.82) is 0 Å². The van der Waals surface area contributed by atoms with Crippen molar-refractivity contribution in [3.05, 3.63) is 54.0 Å². The van der Waals surface area contributed by atoms with Gasteiger partial charge in [0.05, 0.1) is 6.26 Å². The molecule has 1 aromatic heterocycles. The zero-order valence-electron chi connectivity index (χ0n) is 11.6. The van der Waals surface area contributed by atoms with E-state index in [1.165, 1.54) is 5.56 Å². The average molecular weight is 259 g/mol. The number of benzene rings is 1. The largest absolute Gasteiger partial charge is 0.486 e. The summed E-state index contributed by atoms with van der Waals surface area (Å²) in [6.07, 6.45) is 2.73. The lowest BCUT2D eigenvalue weighted by atomic mass is 10.0. The molecule has 102 valence electrons. The summed E-state index contributed by atoms with van der Waals surface area (Å²) in [6.45, 7) is 5.74. The van der Waals surface area contributed by atoms with Crippen LogP contribution in [0.2, 0.25) is 0 Å². The van der Waals surface area contributed by atoms with Gasteiger partial charge in [0, 0.05) is 6.04 Å². The molecule has 0 amide bonds. The number of ether oxygens (including phenoxy) is 1. The van der Waals surface area contributed by atoms with Crippen LogP contribution in [-0.4, -0.2) is 6.54 Å².